The second-order valence-corrected chi connectivity index (χ2v) is 6.10. The summed E-state index contributed by atoms with van der Waals surface area (Å²) in [5.74, 6) is 0.645. The van der Waals surface area contributed by atoms with Crippen LogP contribution in [-0.4, -0.2) is 0 Å². The molecule has 0 spiro atoms. The van der Waals surface area contributed by atoms with Gasteiger partial charge in [0.2, 0.25) is 0 Å². The molecule has 2 bridgehead atoms. The molecule has 0 aromatic heterocycles. The average Bonchev–Trinajstić information content (AvgIpc) is 2.49. The number of benzene rings is 2. The maximum Gasteiger partial charge on any atom is 0.0209 e. The number of rotatable bonds is 2. The monoisotopic (exact) mass is 248 g/mol. The van der Waals surface area contributed by atoms with E-state index in [1.807, 2.05) is 0 Å². The van der Waals surface area contributed by atoms with Gasteiger partial charge >= 0.3 is 0 Å². The highest BCUT2D eigenvalue weighted by Gasteiger charge is 2.46. The van der Waals surface area contributed by atoms with Crippen LogP contribution in [0.5, 0.6) is 0 Å². The van der Waals surface area contributed by atoms with Crippen LogP contribution in [-0.2, 0) is 5.41 Å². The Hall–Kier alpha value is -1.56. The van der Waals surface area contributed by atoms with Crippen LogP contribution in [0.15, 0.2) is 48.5 Å². The lowest BCUT2D eigenvalue weighted by molar-refractivity contribution is 0.347. The Bertz CT molecular complexity index is 576. The fourth-order valence-corrected chi connectivity index (χ4v) is 4.58. The molecule has 5 rings (SSSR count). The zero-order valence-electron chi connectivity index (χ0n) is 11.5. The van der Waals surface area contributed by atoms with E-state index in [1.54, 1.807) is 22.3 Å². The lowest BCUT2D eigenvalue weighted by Gasteiger charge is -2.49. The van der Waals surface area contributed by atoms with Crippen LogP contribution in [0.4, 0.5) is 0 Å². The summed E-state index contributed by atoms with van der Waals surface area (Å²) in [7, 11) is 0. The molecule has 0 radical (unpaired) electrons. The third-order valence-electron chi connectivity index (χ3n) is 5.24. The molecule has 0 unspecified atom stereocenters. The van der Waals surface area contributed by atoms with Gasteiger partial charge < -0.3 is 0 Å². The Morgan fingerprint density at radius 1 is 0.947 bits per heavy atom. The number of hydrogen-bond acceptors (Lipinski definition) is 0. The summed E-state index contributed by atoms with van der Waals surface area (Å²) in [5.41, 5.74) is 6.73. The first-order chi connectivity index (χ1) is 9.37. The zero-order chi connectivity index (χ0) is 12.9. The Balaban J connectivity index is 2.04. The maximum atomic E-state index is 2.38. The van der Waals surface area contributed by atoms with E-state index in [0.717, 1.165) is 0 Å². The lowest BCUT2D eigenvalue weighted by Crippen LogP contribution is -2.40. The van der Waals surface area contributed by atoms with E-state index in [0.29, 0.717) is 11.3 Å². The predicted molar refractivity (Wildman–Crippen MR) is 79.6 cm³/mol. The van der Waals surface area contributed by atoms with Crippen LogP contribution in [0.1, 0.15) is 60.8 Å². The van der Waals surface area contributed by atoms with Crippen LogP contribution < -0.4 is 0 Å². The van der Waals surface area contributed by atoms with Crippen LogP contribution in [0.25, 0.3) is 0 Å². The first-order valence-corrected chi connectivity index (χ1v) is 7.55. The summed E-state index contributed by atoms with van der Waals surface area (Å²) < 4.78 is 0. The van der Waals surface area contributed by atoms with E-state index >= 15 is 0 Å². The first-order valence-electron chi connectivity index (χ1n) is 7.55. The summed E-state index contributed by atoms with van der Waals surface area (Å²) in [6.45, 7) is 2.32. The lowest BCUT2D eigenvalue weighted by atomic mass is 9.54. The molecule has 96 valence electrons. The molecule has 3 aliphatic carbocycles. The van der Waals surface area contributed by atoms with Gasteiger partial charge in [-0.3, -0.25) is 0 Å². The van der Waals surface area contributed by atoms with Crippen molar-refractivity contribution in [2.24, 2.45) is 0 Å². The standard InChI is InChI=1S/C19H20/c1-2-12-19-13-11-14(15-7-3-5-9-17(15)19)16-8-4-6-10-18(16)19/h3-10,14H,2,11-13H2,1H3. The van der Waals surface area contributed by atoms with Gasteiger partial charge in [-0.05, 0) is 41.5 Å². The van der Waals surface area contributed by atoms with E-state index in [9.17, 15) is 0 Å². The van der Waals surface area contributed by atoms with Crippen molar-refractivity contribution in [1.29, 1.82) is 0 Å². The predicted octanol–water partition coefficient (Wildman–Crippen LogP) is 5.01. The summed E-state index contributed by atoms with van der Waals surface area (Å²) in [4.78, 5) is 0. The van der Waals surface area contributed by atoms with Crippen molar-refractivity contribution in [2.75, 3.05) is 0 Å². The van der Waals surface area contributed by atoms with Crippen molar-refractivity contribution in [2.45, 2.75) is 43.9 Å². The molecule has 0 aliphatic heterocycles. The molecule has 0 saturated heterocycles. The van der Waals surface area contributed by atoms with E-state index in [2.05, 4.69) is 55.5 Å². The van der Waals surface area contributed by atoms with Crippen molar-refractivity contribution in [3.05, 3.63) is 70.8 Å². The molecule has 3 aliphatic rings. The number of fused-ring (bicyclic) bond motifs is 1. The molecule has 0 heterocycles. The molecule has 0 atom stereocenters. The Labute approximate surface area is 115 Å². The smallest absolute Gasteiger partial charge is 0.0209 e. The summed E-state index contributed by atoms with van der Waals surface area (Å²) in [6, 6.07) is 18.3. The summed E-state index contributed by atoms with van der Waals surface area (Å²) >= 11 is 0. The molecule has 0 amide bonds. The largest absolute Gasteiger partial charge is 0.0653 e. The highest BCUT2D eigenvalue weighted by Crippen LogP contribution is 2.57. The molecule has 0 saturated carbocycles. The fourth-order valence-electron chi connectivity index (χ4n) is 4.58. The molecule has 2 aromatic rings. The van der Waals surface area contributed by atoms with Gasteiger partial charge in [0.15, 0.2) is 0 Å². The third kappa shape index (κ3) is 1.35. The van der Waals surface area contributed by atoms with Crippen molar-refractivity contribution in [3.8, 4) is 0 Å². The van der Waals surface area contributed by atoms with Crippen molar-refractivity contribution < 1.29 is 0 Å². The minimum Gasteiger partial charge on any atom is -0.0653 e. The van der Waals surface area contributed by atoms with Crippen molar-refractivity contribution in [3.63, 3.8) is 0 Å². The fraction of sp³-hybridized carbons (Fsp3) is 0.368. The molecular weight excluding hydrogens is 228 g/mol. The Kier molecular flexibility index (Phi) is 2.35. The second-order valence-electron chi connectivity index (χ2n) is 6.10. The molecular formula is C19H20. The highest BCUT2D eigenvalue weighted by molar-refractivity contribution is 5.58. The minimum atomic E-state index is 0.302. The molecule has 0 nitrogen and oxygen atoms in total. The van der Waals surface area contributed by atoms with Crippen molar-refractivity contribution >= 4 is 0 Å². The average molecular weight is 248 g/mol. The topological polar surface area (TPSA) is 0 Å². The van der Waals surface area contributed by atoms with E-state index in [-0.39, 0.29) is 0 Å². The van der Waals surface area contributed by atoms with Crippen LogP contribution >= 0.6 is 0 Å². The van der Waals surface area contributed by atoms with Crippen LogP contribution in [0, 0.1) is 0 Å². The molecule has 2 aromatic carbocycles. The van der Waals surface area contributed by atoms with E-state index in [4.69, 9.17) is 0 Å². The highest BCUT2D eigenvalue weighted by atomic mass is 14.5. The minimum absolute atomic E-state index is 0.302. The van der Waals surface area contributed by atoms with Gasteiger partial charge in [0.25, 0.3) is 0 Å². The zero-order valence-corrected chi connectivity index (χ0v) is 11.5. The van der Waals surface area contributed by atoms with Gasteiger partial charge in [0.1, 0.15) is 0 Å². The third-order valence-corrected chi connectivity index (χ3v) is 5.24. The van der Waals surface area contributed by atoms with Gasteiger partial charge in [0.05, 0.1) is 0 Å². The van der Waals surface area contributed by atoms with Gasteiger partial charge in [0, 0.05) is 11.3 Å². The second kappa shape index (κ2) is 3.96. The van der Waals surface area contributed by atoms with E-state index < -0.39 is 0 Å². The van der Waals surface area contributed by atoms with Crippen LogP contribution in [0.2, 0.25) is 0 Å². The van der Waals surface area contributed by atoms with Gasteiger partial charge in [-0.15, -0.1) is 0 Å². The first kappa shape index (κ1) is 11.3. The van der Waals surface area contributed by atoms with Gasteiger partial charge in [-0.25, -0.2) is 0 Å². The Morgan fingerprint density at radius 2 is 1.53 bits per heavy atom. The van der Waals surface area contributed by atoms with Gasteiger partial charge in [-0.1, -0.05) is 61.9 Å². The van der Waals surface area contributed by atoms with E-state index in [1.165, 1.54) is 25.7 Å². The molecule has 19 heavy (non-hydrogen) atoms. The molecule has 0 fully saturated rings. The maximum absolute atomic E-state index is 2.38. The van der Waals surface area contributed by atoms with Crippen molar-refractivity contribution in [1.82, 2.24) is 0 Å². The quantitative estimate of drug-likeness (QED) is 0.700. The summed E-state index contributed by atoms with van der Waals surface area (Å²) in [6.07, 6.45) is 5.20. The molecule has 0 N–H and O–H groups in total. The molecule has 0 heteroatoms. The van der Waals surface area contributed by atoms with Gasteiger partial charge in [-0.2, -0.15) is 0 Å². The Morgan fingerprint density at radius 3 is 2.11 bits per heavy atom. The summed E-state index contributed by atoms with van der Waals surface area (Å²) in [5, 5.41) is 0. The number of hydrogen-bond donors (Lipinski definition) is 0. The SMILES string of the molecule is CCCC12CCC(c3ccccc31)c1ccccc12. The normalized spacial score (nSPS) is 26.9. The van der Waals surface area contributed by atoms with Crippen LogP contribution in [0.3, 0.4) is 0 Å².